The molecule has 2 aromatic carbocycles. The Labute approximate surface area is 149 Å². The van der Waals surface area contributed by atoms with Gasteiger partial charge in [0.15, 0.2) is 5.13 Å². The quantitative estimate of drug-likeness (QED) is 0.759. The number of methoxy groups -OCH3 is 1. The van der Waals surface area contributed by atoms with Crippen LogP contribution in [0.4, 0.5) is 5.13 Å². The summed E-state index contributed by atoms with van der Waals surface area (Å²) in [5.41, 5.74) is 3.19. The van der Waals surface area contributed by atoms with E-state index in [0.29, 0.717) is 10.7 Å². The number of aromatic nitrogens is 1. The van der Waals surface area contributed by atoms with Crippen molar-refractivity contribution in [1.29, 1.82) is 5.26 Å². The van der Waals surface area contributed by atoms with Gasteiger partial charge in [0.05, 0.1) is 30.9 Å². The number of nitriles is 1. The molecule has 0 spiro atoms. The largest absolute Gasteiger partial charge is 0.497 e. The molecular weight excluding hydrogens is 334 g/mol. The van der Waals surface area contributed by atoms with Gasteiger partial charge in [0.25, 0.3) is 0 Å². The van der Waals surface area contributed by atoms with E-state index in [1.165, 1.54) is 11.3 Å². The first kappa shape index (κ1) is 16.7. The summed E-state index contributed by atoms with van der Waals surface area (Å²) in [4.78, 5) is 16.6. The molecule has 0 saturated carbocycles. The van der Waals surface area contributed by atoms with E-state index in [1.807, 2.05) is 41.8 Å². The fourth-order valence-electron chi connectivity index (χ4n) is 2.27. The number of ether oxygens (including phenoxy) is 1. The van der Waals surface area contributed by atoms with Crippen LogP contribution in [0.5, 0.6) is 5.75 Å². The fourth-order valence-corrected chi connectivity index (χ4v) is 3.01. The highest BCUT2D eigenvalue weighted by atomic mass is 32.1. The summed E-state index contributed by atoms with van der Waals surface area (Å²) in [6.45, 7) is 0. The van der Waals surface area contributed by atoms with Crippen molar-refractivity contribution in [1.82, 2.24) is 4.98 Å². The van der Waals surface area contributed by atoms with Crippen molar-refractivity contribution in [2.24, 2.45) is 0 Å². The number of nitrogens with one attached hydrogen (secondary N) is 1. The van der Waals surface area contributed by atoms with Gasteiger partial charge in [-0.1, -0.05) is 24.3 Å². The molecule has 0 aliphatic heterocycles. The second kappa shape index (κ2) is 7.60. The number of carbonyl (C=O) groups excluding carboxylic acids is 1. The average molecular weight is 349 g/mol. The maximum Gasteiger partial charge on any atom is 0.230 e. The standard InChI is InChI=1S/C19H15N3O2S/c1-24-16-8-4-13(5-9-16)10-18(23)22-19-21-17(12-25-19)15-6-2-14(11-20)3-7-15/h2-9,12H,10H2,1H3,(H,21,22,23). The van der Waals surface area contributed by atoms with Gasteiger partial charge in [-0.25, -0.2) is 4.98 Å². The number of carbonyl (C=O) groups is 1. The third-order valence-electron chi connectivity index (χ3n) is 3.58. The molecule has 0 aliphatic carbocycles. The lowest BCUT2D eigenvalue weighted by atomic mass is 10.1. The van der Waals surface area contributed by atoms with Crippen LogP contribution >= 0.6 is 11.3 Å². The Kier molecular flexibility index (Phi) is 5.07. The Morgan fingerprint density at radius 3 is 2.56 bits per heavy atom. The number of thiazole rings is 1. The first-order valence-electron chi connectivity index (χ1n) is 7.57. The third kappa shape index (κ3) is 4.22. The Balaban J connectivity index is 1.63. The molecule has 0 aliphatic rings. The number of hydrogen-bond acceptors (Lipinski definition) is 5. The van der Waals surface area contributed by atoms with E-state index in [4.69, 9.17) is 10.00 Å². The zero-order valence-electron chi connectivity index (χ0n) is 13.5. The lowest BCUT2D eigenvalue weighted by Gasteiger charge is -2.04. The Morgan fingerprint density at radius 1 is 1.20 bits per heavy atom. The molecular formula is C19H15N3O2S. The van der Waals surface area contributed by atoms with E-state index in [9.17, 15) is 4.79 Å². The van der Waals surface area contributed by atoms with Crippen LogP contribution in [0.25, 0.3) is 11.3 Å². The van der Waals surface area contributed by atoms with Crippen LogP contribution < -0.4 is 10.1 Å². The number of anilines is 1. The van der Waals surface area contributed by atoms with Gasteiger partial charge in [-0.2, -0.15) is 5.26 Å². The molecule has 3 aromatic rings. The van der Waals surface area contributed by atoms with Crippen molar-refractivity contribution >= 4 is 22.4 Å². The van der Waals surface area contributed by atoms with Gasteiger partial charge in [0.2, 0.25) is 5.91 Å². The van der Waals surface area contributed by atoms with E-state index < -0.39 is 0 Å². The highest BCUT2D eigenvalue weighted by Crippen LogP contribution is 2.25. The summed E-state index contributed by atoms with van der Waals surface area (Å²) < 4.78 is 5.10. The van der Waals surface area contributed by atoms with Crippen molar-refractivity contribution in [2.75, 3.05) is 12.4 Å². The van der Waals surface area contributed by atoms with E-state index >= 15 is 0 Å². The second-order valence-electron chi connectivity index (χ2n) is 5.30. The van der Waals surface area contributed by atoms with E-state index in [1.54, 1.807) is 19.2 Å². The van der Waals surface area contributed by atoms with Crippen LogP contribution in [0.15, 0.2) is 53.9 Å². The molecule has 1 amide bonds. The monoisotopic (exact) mass is 349 g/mol. The predicted octanol–water partition coefficient (Wildman–Crippen LogP) is 3.87. The first-order chi connectivity index (χ1) is 12.2. The van der Waals surface area contributed by atoms with E-state index in [-0.39, 0.29) is 12.3 Å². The molecule has 1 N–H and O–H groups in total. The van der Waals surface area contributed by atoms with Gasteiger partial charge >= 0.3 is 0 Å². The smallest absolute Gasteiger partial charge is 0.230 e. The van der Waals surface area contributed by atoms with Crippen molar-refractivity contribution in [3.63, 3.8) is 0 Å². The minimum Gasteiger partial charge on any atom is -0.497 e. The maximum atomic E-state index is 12.2. The second-order valence-corrected chi connectivity index (χ2v) is 6.16. The zero-order chi connectivity index (χ0) is 17.6. The lowest BCUT2D eigenvalue weighted by Crippen LogP contribution is -2.14. The van der Waals surface area contributed by atoms with Crippen LogP contribution in [0.3, 0.4) is 0 Å². The highest BCUT2D eigenvalue weighted by Gasteiger charge is 2.09. The Bertz CT molecular complexity index is 909. The van der Waals surface area contributed by atoms with Gasteiger partial charge in [-0.05, 0) is 29.8 Å². The van der Waals surface area contributed by atoms with E-state index in [0.717, 1.165) is 22.6 Å². The molecule has 1 heterocycles. The topological polar surface area (TPSA) is 75.0 Å². The summed E-state index contributed by atoms with van der Waals surface area (Å²) in [6, 6.07) is 16.6. The number of benzene rings is 2. The minimum absolute atomic E-state index is 0.120. The summed E-state index contributed by atoms with van der Waals surface area (Å²) in [6.07, 6.45) is 0.274. The normalized spacial score (nSPS) is 10.1. The number of nitrogens with zero attached hydrogens (tertiary/aromatic N) is 2. The van der Waals surface area contributed by atoms with Crippen LogP contribution in [-0.4, -0.2) is 18.0 Å². The minimum atomic E-state index is -0.120. The number of amides is 1. The van der Waals surface area contributed by atoms with Gasteiger partial charge in [0.1, 0.15) is 5.75 Å². The Hall–Kier alpha value is -3.17. The van der Waals surface area contributed by atoms with Gasteiger partial charge in [-0.3, -0.25) is 4.79 Å². The third-order valence-corrected chi connectivity index (χ3v) is 4.34. The van der Waals surface area contributed by atoms with Crippen molar-refractivity contribution in [3.8, 4) is 23.1 Å². The van der Waals surface area contributed by atoms with Crippen LogP contribution in [0.2, 0.25) is 0 Å². The highest BCUT2D eigenvalue weighted by molar-refractivity contribution is 7.14. The summed E-state index contributed by atoms with van der Waals surface area (Å²) in [5, 5.41) is 14.1. The van der Waals surface area contributed by atoms with Gasteiger partial charge in [-0.15, -0.1) is 11.3 Å². The van der Waals surface area contributed by atoms with Crippen molar-refractivity contribution in [3.05, 3.63) is 65.0 Å². The van der Waals surface area contributed by atoms with Crippen LogP contribution in [0, 0.1) is 11.3 Å². The van der Waals surface area contributed by atoms with Gasteiger partial charge < -0.3 is 10.1 Å². The average Bonchev–Trinajstić information content (AvgIpc) is 3.10. The molecule has 124 valence electrons. The van der Waals surface area contributed by atoms with Crippen molar-refractivity contribution < 1.29 is 9.53 Å². The maximum absolute atomic E-state index is 12.2. The first-order valence-corrected chi connectivity index (χ1v) is 8.45. The van der Waals surface area contributed by atoms with Crippen molar-refractivity contribution in [2.45, 2.75) is 6.42 Å². The molecule has 0 unspecified atom stereocenters. The fraction of sp³-hybridized carbons (Fsp3) is 0.105. The number of hydrogen-bond donors (Lipinski definition) is 1. The molecule has 0 fully saturated rings. The Morgan fingerprint density at radius 2 is 1.92 bits per heavy atom. The molecule has 6 heteroatoms. The zero-order valence-corrected chi connectivity index (χ0v) is 14.3. The molecule has 0 saturated heterocycles. The summed E-state index contributed by atoms with van der Waals surface area (Å²) in [7, 11) is 1.61. The van der Waals surface area contributed by atoms with Crippen LogP contribution in [-0.2, 0) is 11.2 Å². The molecule has 25 heavy (non-hydrogen) atoms. The van der Waals surface area contributed by atoms with E-state index in [2.05, 4.69) is 16.4 Å². The molecule has 3 rings (SSSR count). The van der Waals surface area contributed by atoms with Crippen LogP contribution in [0.1, 0.15) is 11.1 Å². The molecule has 0 atom stereocenters. The molecule has 1 aromatic heterocycles. The summed E-state index contributed by atoms with van der Waals surface area (Å²) >= 11 is 1.37. The predicted molar refractivity (Wildman–Crippen MR) is 97.6 cm³/mol. The van der Waals surface area contributed by atoms with Gasteiger partial charge in [0, 0.05) is 10.9 Å². The lowest BCUT2D eigenvalue weighted by molar-refractivity contribution is -0.115. The molecule has 5 nitrogen and oxygen atoms in total. The molecule has 0 bridgehead atoms. The molecule has 0 radical (unpaired) electrons. The SMILES string of the molecule is COc1ccc(CC(=O)Nc2nc(-c3ccc(C#N)cc3)cs2)cc1. The number of rotatable bonds is 5. The summed E-state index contributed by atoms with van der Waals surface area (Å²) in [5.74, 6) is 0.641.